The highest BCUT2D eigenvalue weighted by atomic mass is 19.4. The molecule has 2 heterocycles. The molecule has 3 rings (SSSR count). The van der Waals surface area contributed by atoms with Gasteiger partial charge >= 0.3 is 6.36 Å². The normalized spacial score (nSPS) is 28.9. The van der Waals surface area contributed by atoms with Crippen LogP contribution in [0.5, 0.6) is 5.75 Å². The molecule has 1 aromatic rings. The van der Waals surface area contributed by atoms with E-state index in [4.69, 9.17) is 18.9 Å². The predicted octanol–water partition coefficient (Wildman–Crippen LogP) is 4.30. The molecule has 158 valence electrons. The van der Waals surface area contributed by atoms with Crippen molar-refractivity contribution in [3.8, 4) is 5.75 Å². The summed E-state index contributed by atoms with van der Waals surface area (Å²) >= 11 is 0. The lowest BCUT2D eigenvalue weighted by atomic mass is 10.0. The standard InChI is InChI=1S/C20H27F3O5/c1-2-3-15-10-26-19(27-11-15)16-12-24-18(25-13-16)9-6-14-4-7-17(8-5-14)28-20(21,22)23/h4-5,7-8,15-16,18-19H,2-3,6,9-13H2,1H3. The molecule has 0 aliphatic carbocycles. The van der Waals surface area contributed by atoms with Gasteiger partial charge in [-0.05, 0) is 30.5 Å². The van der Waals surface area contributed by atoms with E-state index in [0.717, 1.165) is 18.4 Å². The Kier molecular flexibility index (Phi) is 7.56. The van der Waals surface area contributed by atoms with Crippen LogP contribution in [0.1, 0.15) is 31.7 Å². The van der Waals surface area contributed by atoms with Crippen LogP contribution in [0, 0.1) is 11.8 Å². The van der Waals surface area contributed by atoms with Crippen molar-refractivity contribution in [2.24, 2.45) is 11.8 Å². The van der Waals surface area contributed by atoms with Crippen molar-refractivity contribution in [2.75, 3.05) is 26.4 Å². The predicted molar refractivity (Wildman–Crippen MR) is 94.7 cm³/mol. The van der Waals surface area contributed by atoms with E-state index in [2.05, 4.69) is 11.7 Å². The lowest BCUT2D eigenvalue weighted by Gasteiger charge is -2.37. The molecule has 2 aliphatic rings. The zero-order valence-corrected chi connectivity index (χ0v) is 16.0. The van der Waals surface area contributed by atoms with Gasteiger partial charge in [-0.1, -0.05) is 25.5 Å². The highest BCUT2D eigenvalue weighted by Crippen LogP contribution is 2.26. The van der Waals surface area contributed by atoms with E-state index < -0.39 is 6.36 Å². The summed E-state index contributed by atoms with van der Waals surface area (Å²) in [5, 5.41) is 0. The second-order valence-electron chi connectivity index (χ2n) is 7.28. The van der Waals surface area contributed by atoms with Crippen LogP contribution in [0.15, 0.2) is 24.3 Å². The number of benzene rings is 1. The van der Waals surface area contributed by atoms with Gasteiger partial charge in [0.2, 0.25) is 0 Å². The van der Waals surface area contributed by atoms with Crippen LogP contribution in [0.25, 0.3) is 0 Å². The zero-order valence-electron chi connectivity index (χ0n) is 16.0. The lowest BCUT2D eigenvalue weighted by molar-refractivity contribution is -0.281. The Balaban J connectivity index is 1.36. The van der Waals surface area contributed by atoms with Crippen LogP contribution in [0.2, 0.25) is 0 Å². The molecule has 0 saturated carbocycles. The van der Waals surface area contributed by atoms with Crippen molar-refractivity contribution < 1.29 is 36.9 Å². The Morgan fingerprint density at radius 3 is 2.14 bits per heavy atom. The molecule has 0 N–H and O–H groups in total. The number of alkyl halides is 3. The average Bonchev–Trinajstić information content (AvgIpc) is 2.68. The molecule has 0 aromatic heterocycles. The first-order valence-corrected chi connectivity index (χ1v) is 9.74. The Morgan fingerprint density at radius 2 is 1.57 bits per heavy atom. The van der Waals surface area contributed by atoms with E-state index in [0.29, 0.717) is 45.2 Å². The molecule has 0 spiro atoms. The van der Waals surface area contributed by atoms with E-state index in [1.54, 1.807) is 12.1 Å². The van der Waals surface area contributed by atoms with Crippen LogP contribution in [0.3, 0.4) is 0 Å². The highest BCUT2D eigenvalue weighted by Gasteiger charge is 2.33. The molecule has 0 amide bonds. The Hall–Kier alpha value is -1.35. The first-order valence-electron chi connectivity index (χ1n) is 9.74. The maximum absolute atomic E-state index is 12.2. The van der Waals surface area contributed by atoms with Gasteiger partial charge in [-0.25, -0.2) is 0 Å². The fourth-order valence-corrected chi connectivity index (χ4v) is 3.43. The average molecular weight is 404 g/mol. The minimum absolute atomic E-state index is 0.0534. The van der Waals surface area contributed by atoms with E-state index >= 15 is 0 Å². The number of rotatable bonds is 7. The van der Waals surface area contributed by atoms with Crippen LogP contribution < -0.4 is 4.74 Å². The molecule has 0 bridgehead atoms. The van der Waals surface area contributed by atoms with Gasteiger partial charge in [0.1, 0.15) is 5.75 Å². The SMILES string of the molecule is CCCC1COC(C2COC(CCc3ccc(OC(F)(F)F)cc3)OC2)OC1. The van der Waals surface area contributed by atoms with Gasteiger partial charge < -0.3 is 23.7 Å². The molecule has 0 atom stereocenters. The maximum Gasteiger partial charge on any atom is 0.573 e. The number of hydrogen-bond acceptors (Lipinski definition) is 5. The van der Waals surface area contributed by atoms with Crippen molar-refractivity contribution in [3.05, 3.63) is 29.8 Å². The van der Waals surface area contributed by atoms with Crippen molar-refractivity contribution >= 4 is 0 Å². The van der Waals surface area contributed by atoms with Gasteiger partial charge in [0, 0.05) is 12.3 Å². The topological polar surface area (TPSA) is 46.2 Å². The van der Waals surface area contributed by atoms with Crippen LogP contribution >= 0.6 is 0 Å². The fraction of sp³-hybridized carbons (Fsp3) is 0.700. The molecular weight excluding hydrogens is 377 g/mol. The molecule has 0 radical (unpaired) electrons. The summed E-state index contributed by atoms with van der Waals surface area (Å²) in [7, 11) is 0. The second-order valence-corrected chi connectivity index (χ2v) is 7.28. The Bertz CT molecular complexity index is 576. The molecule has 2 saturated heterocycles. The van der Waals surface area contributed by atoms with Crippen molar-refractivity contribution in [1.29, 1.82) is 0 Å². The quantitative estimate of drug-likeness (QED) is 0.678. The van der Waals surface area contributed by atoms with E-state index in [9.17, 15) is 13.2 Å². The maximum atomic E-state index is 12.2. The third kappa shape index (κ3) is 6.62. The van der Waals surface area contributed by atoms with Gasteiger partial charge in [0.25, 0.3) is 0 Å². The summed E-state index contributed by atoms with van der Waals surface area (Å²) in [6.07, 6.45) is -1.81. The summed E-state index contributed by atoms with van der Waals surface area (Å²) in [4.78, 5) is 0. The van der Waals surface area contributed by atoms with Crippen molar-refractivity contribution in [2.45, 2.75) is 51.5 Å². The summed E-state index contributed by atoms with van der Waals surface area (Å²) in [5.74, 6) is 0.294. The molecule has 2 aliphatic heterocycles. The molecule has 0 unspecified atom stereocenters. The van der Waals surface area contributed by atoms with Crippen LogP contribution in [-0.4, -0.2) is 45.4 Å². The summed E-state index contributed by atoms with van der Waals surface area (Å²) in [6, 6.07) is 5.85. The molecule has 5 nitrogen and oxygen atoms in total. The molecule has 28 heavy (non-hydrogen) atoms. The third-order valence-electron chi connectivity index (χ3n) is 4.89. The smallest absolute Gasteiger partial charge is 0.406 e. The van der Waals surface area contributed by atoms with Gasteiger partial charge in [-0.2, -0.15) is 0 Å². The zero-order chi connectivity index (χ0) is 20.0. The number of halogens is 3. The highest BCUT2D eigenvalue weighted by molar-refractivity contribution is 5.27. The largest absolute Gasteiger partial charge is 0.573 e. The molecular formula is C20H27F3O5. The monoisotopic (exact) mass is 404 g/mol. The van der Waals surface area contributed by atoms with Crippen LogP contribution in [-0.2, 0) is 25.4 Å². The summed E-state index contributed by atoms with van der Waals surface area (Å²) in [6.45, 7) is 4.59. The fourth-order valence-electron chi connectivity index (χ4n) is 3.43. The first-order chi connectivity index (χ1) is 13.4. The van der Waals surface area contributed by atoms with Crippen molar-refractivity contribution in [3.63, 3.8) is 0 Å². The first kappa shape index (κ1) is 21.4. The van der Waals surface area contributed by atoms with E-state index in [-0.39, 0.29) is 24.2 Å². The van der Waals surface area contributed by atoms with Crippen LogP contribution in [0.4, 0.5) is 13.2 Å². The second kappa shape index (κ2) is 9.91. The molecule has 2 fully saturated rings. The molecule has 1 aromatic carbocycles. The van der Waals surface area contributed by atoms with Gasteiger partial charge in [0.05, 0.1) is 32.3 Å². The lowest BCUT2D eigenvalue weighted by Crippen LogP contribution is -2.44. The number of aryl methyl sites for hydroxylation is 1. The molecule has 8 heteroatoms. The third-order valence-corrected chi connectivity index (χ3v) is 4.89. The van der Waals surface area contributed by atoms with Gasteiger partial charge in [0.15, 0.2) is 12.6 Å². The van der Waals surface area contributed by atoms with Crippen molar-refractivity contribution in [1.82, 2.24) is 0 Å². The number of hydrogen-bond donors (Lipinski definition) is 0. The summed E-state index contributed by atoms with van der Waals surface area (Å²) < 4.78 is 63.6. The van der Waals surface area contributed by atoms with E-state index in [1.165, 1.54) is 12.1 Å². The minimum Gasteiger partial charge on any atom is -0.406 e. The summed E-state index contributed by atoms with van der Waals surface area (Å²) in [5.41, 5.74) is 0.893. The van der Waals surface area contributed by atoms with Gasteiger partial charge in [-0.15, -0.1) is 13.2 Å². The van der Waals surface area contributed by atoms with Gasteiger partial charge in [-0.3, -0.25) is 0 Å². The number of ether oxygens (including phenoxy) is 5. The minimum atomic E-state index is -4.68. The Morgan fingerprint density at radius 1 is 0.929 bits per heavy atom. The van der Waals surface area contributed by atoms with E-state index in [1.807, 2.05) is 0 Å². The Labute approximate surface area is 163 Å².